The van der Waals surface area contributed by atoms with Gasteiger partial charge >= 0.3 is 0 Å². The lowest BCUT2D eigenvalue weighted by Gasteiger charge is -2.37. The molecule has 10 heteroatoms. The number of H-pyrrole nitrogens is 1. The topological polar surface area (TPSA) is 82.1 Å². The van der Waals surface area contributed by atoms with Crippen LogP contribution < -0.4 is 10.9 Å². The molecule has 3 aromatic heterocycles. The number of benzene rings is 1. The maximum atomic E-state index is 12.9. The number of likely N-dealkylation sites (N-methyl/N-ethyl adjacent to an activating group) is 1. The highest BCUT2D eigenvalue weighted by Gasteiger charge is 2.25. The van der Waals surface area contributed by atoms with Crippen molar-refractivity contribution in [3.05, 3.63) is 68.2 Å². The van der Waals surface area contributed by atoms with Gasteiger partial charge in [0.25, 0.3) is 5.56 Å². The summed E-state index contributed by atoms with van der Waals surface area (Å²) in [6.45, 7) is 4.72. The summed E-state index contributed by atoms with van der Waals surface area (Å²) >= 11 is 8.21. The third kappa shape index (κ3) is 4.16. The number of thiophene rings is 1. The van der Waals surface area contributed by atoms with Crippen molar-refractivity contribution in [2.75, 3.05) is 45.1 Å². The summed E-state index contributed by atoms with van der Waals surface area (Å²) in [6, 6.07) is 12.0. The van der Waals surface area contributed by atoms with Crippen molar-refractivity contribution in [1.29, 1.82) is 0 Å². The van der Waals surface area contributed by atoms with E-state index in [4.69, 9.17) is 11.6 Å². The molecule has 4 aromatic rings. The van der Waals surface area contributed by atoms with E-state index < -0.39 is 5.56 Å². The molecule has 1 aliphatic heterocycles. The summed E-state index contributed by atoms with van der Waals surface area (Å²) in [5.41, 5.74) is 1.71. The lowest BCUT2D eigenvalue weighted by Crippen LogP contribution is -2.47. The maximum Gasteiger partial charge on any atom is 0.295 e. The molecular formula is C22H24ClN7OS. The third-order valence-electron chi connectivity index (χ3n) is 5.83. The van der Waals surface area contributed by atoms with Gasteiger partial charge in [-0.05, 0) is 30.6 Å². The Balaban J connectivity index is 1.37. The van der Waals surface area contributed by atoms with E-state index in [1.807, 2.05) is 24.3 Å². The van der Waals surface area contributed by atoms with Gasteiger partial charge in [-0.25, -0.2) is 4.98 Å². The maximum absolute atomic E-state index is 12.9. The summed E-state index contributed by atoms with van der Waals surface area (Å²) < 4.78 is 1.20. The number of hydrogen-bond donors (Lipinski definition) is 2. The number of anilines is 1. The van der Waals surface area contributed by atoms with Gasteiger partial charge in [0.05, 0.1) is 29.0 Å². The van der Waals surface area contributed by atoms with Gasteiger partial charge in [0.1, 0.15) is 5.02 Å². The Morgan fingerprint density at radius 3 is 2.75 bits per heavy atom. The Morgan fingerprint density at radius 1 is 1.19 bits per heavy atom. The van der Waals surface area contributed by atoms with E-state index in [0.717, 1.165) is 37.2 Å². The van der Waals surface area contributed by atoms with Gasteiger partial charge in [0.15, 0.2) is 0 Å². The number of rotatable bonds is 6. The second kappa shape index (κ2) is 9.03. The Kier molecular flexibility index (Phi) is 5.97. The first-order chi connectivity index (χ1) is 15.6. The molecule has 5 rings (SSSR count). The van der Waals surface area contributed by atoms with Crippen molar-refractivity contribution in [2.24, 2.45) is 0 Å². The van der Waals surface area contributed by atoms with E-state index in [-0.39, 0.29) is 11.1 Å². The largest absolute Gasteiger partial charge is 0.380 e. The first kappa shape index (κ1) is 21.1. The zero-order valence-electron chi connectivity index (χ0n) is 17.7. The van der Waals surface area contributed by atoms with Gasteiger partial charge in [-0.15, -0.1) is 11.3 Å². The smallest absolute Gasteiger partial charge is 0.295 e. The molecule has 1 saturated heterocycles. The Morgan fingerprint density at radius 2 is 2.00 bits per heavy atom. The quantitative estimate of drug-likeness (QED) is 0.451. The van der Waals surface area contributed by atoms with Crippen LogP contribution in [-0.2, 0) is 0 Å². The van der Waals surface area contributed by atoms with Crippen molar-refractivity contribution in [3.63, 3.8) is 0 Å². The van der Waals surface area contributed by atoms with Crippen LogP contribution in [0.2, 0.25) is 5.02 Å². The molecule has 0 aliphatic carbocycles. The predicted octanol–water partition coefficient (Wildman–Crippen LogP) is 3.22. The molecule has 1 aliphatic rings. The van der Waals surface area contributed by atoms with Crippen LogP contribution in [0.15, 0.2) is 52.8 Å². The number of nitrogens with zero attached hydrogens (tertiary/aromatic N) is 5. The van der Waals surface area contributed by atoms with Crippen LogP contribution >= 0.6 is 22.9 Å². The minimum Gasteiger partial charge on any atom is -0.380 e. The summed E-state index contributed by atoms with van der Waals surface area (Å²) in [5, 5.41) is 9.88. The van der Waals surface area contributed by atoms with Gasteiger partial charge in [-0.2, -0.15) is 9.78 Å². The van der Waals surface area contributed by atoms with Crippen LogP contribution in [0.1, 0.15) is 10.9 Å². The van der Waals surface area contributed by atoms with E-state index in [1.54, 1.807) is 17.5 Å². The lowest BCUT2D eigenvalue weighted by molar-refractivity contribution is 0.118. The first-order valence-corrected chi connectivity index (χ1v) is 11.8. The number of halogens is 1. The van der Waals surface area contributed by atoms with Gasteiger partial charge in [0, 0.05) is 37.6 Å². The monoisotopic (exact) mass is 469 g/mol. The van der Waals surface area contributed by atoms with E-state index in [9.17, 15) is 4.79 Å². The van der Waals surface area contributed by atoms with Crippen LogP contribution in [0.5, 0.6) is 0 Å². The van der Waals surface area contributed by atoms with Crippen molar-refractivity contribution in [3.8, 4) is 5.95 Å². The fraction of sp³-hybridized carbons (Fsp3) is 0.318. The molecule has 1 aromatic carbocycles. The molecule has 32 heavy (non-hydrogen) atoms. The molecule has 2 N–H and O–H groups in total. The number of nitrogens with one attached hydrogen (secondary N) is 2. The van der Waals surface area contributed by atoms with Gasteiger partial charge in [-0.3, -0.25) is 9.69 Å². The highest BCUT2D eigenvalue weighted by molar-refractivity contribution is 7.10. The number of piperazine rings is 1. The van der Waals surface area contributed by atoms with E-state index in [1.165, 1.54) is 9.56 Å². The Labute approximate surface area is 194 Å². The summed E-state index contributed by atoms with van der Waals surface area (Å²) in [5.74, 6) is 0.346. The van der Waals surface area contributed by atoms with Crippen LogP contribution in [-0.4, -0.2) is 69.3 Å². The molecule has 166 valence electrons. The van der Waals surface area contributed by atoms with Crippen molar-refractivity contribution in [1.82, 2.24) is 29.5 Å². The number of aromatic nitrogens is 4. The van der Waals surface area contributed by atoms with Crippen molar-refractivity contribution in [2.45, 2.75) is 6.04 Å². The van der Waals surface area contributed by atoms with E-state index in [0.29, 0.717) is 18.2 Å². The molecule has 8 nitrogen and oxygen atoms in total. The molecule has 1 atom stereocenters. The molecule has 0 unspecified atom stereocenters. The number of hydrogen-bond acceptors (Lipinski definition) is 7. The second-order valence-electron chi connectivity index (χ2n) is 7.92. The average molecular weight is 470 g/mol. The number of para-hydroxylation sites is 2. The minimum atomic E-state index is -0.414. The fourth-order valence-corrected chi connectivity index (χ4v) is 5.03. The van der Waals surface area contributed by atoms with Gasteiger partial charge < -0.3 is 15.2 Å². The molecule has 0 saturated carbocycles. The van der Waals surface area contributed by atoms with E-state index in [2.05, 4.69) is 54.7 Å². The van der Waals surface area contributed by atoms with Gasteiger partial charge in [0.2, 0.25) is 5.95 Å². The van der Waals surface area contributed by atoms with Crippen LogP contribution in [0.3, 0.4) is 0 Å². The molecule has 0 radical (unpaired) electrons. The summed E-state index contributed by atoms with van der Waals surface area (Å²) in [4.78, 5) is 26.6. The van der Waals surface area contributed by atoms with Crippen molar-refractivity contribution >= 4 is 39.7 Å². The lowest BCUT2D eigenvalue weighted by atomic mass is 10.1. The zero-order valence-corrected chi connectivity index (χ0v) is 19.2. The molecule has 1 fully saturated rings. The molecular weight excluding hydrogens is 446 g/mol. The first-order valence-electron chi connectivity index (χ1n) is 10.5. The van der Waals surface area contributed by atoms with Crippen LogP contribution in [0.4, 0.5) is 5.69 Å². The van der Waals surface area contributed by atoms with Crippen LogP contribution in [0, 0.1) is 0 Å². The fourth-order valence-electron chi connectivity index (χ4n) is 3.98. The number of imidazole rings is 1. The molecule has 0 spiro atoms. The molecule has 4 heterocycles. The minimum absolute atomic E-state index is 0.101. The summed E-state index contributed by atoms with van der Waals surface area (Å²) in [6.07, 6.45) is 1.59. The number of fused-ring (bicyclic) bond motifs is 1. The SMILES string of the molecule is CN1CCN([C@@H](CNc2cnn(-c3nc4ccccc4[nH]3)c(=O)c2Cl)c2cccs2)CC1. The molecule has 0 bridgehead atoms. The average Bonchev–Trinajstić information content (AvgIpc) is 3.48. The second-order valence-corrected chi connectivity index (χ2v) is 9.28. The Bertz CT molecular complexity index is 1230. The van der Waals surface area contributed by atoms with Gasteiger partial charge in [-0.1, -0.05) is 29.8 Å². The van der Waals surface area contributed by atoms with Crippen molar-refractivity contribution < 1.29 is 0 Å². The molecule has 0 amide bonds. The normalized spacial score (nSPS) is 16.4. The van der Waals surface area contributed by atoms with E-state index >= 15 is 0 Å². The standard InChI is InChI=1S/C22H24ClN7OS/c1-28-8-10-29(11-9-28)18(19-7-4-12-32-19)14-24-17-13-25-30(21(31)20(17)23)22-26-15-5-2-3-6-16(15)27-22/h2-7,12-13,18,24H,8-11,14H2,1H3,(H,26,27)/t18-/m0/s1. The number of aromatic amines is 1. The summed E-state index contributed by atoms with van der Waals surface area (Å²) in [7, 11) is 2.15. The highest BCUT2D eigenvalue weighted by Crippen LogP contribution is 2.27. The van der Waals surface area contributed by atoms with Crippen LogP contribution in [0.25, 0.3) is 17.0 Å². The Hall–Kier alpha value is -2.72. The predicted molar refractivity (Wildman–Crippen MR) is 129 cm³/mol. The zero-order chi connectivity index (χ0) is 22.1. The highest BCUT2D eigenvalue weighted by atomic mass is 35.5. The third-order valence-corrected chi connectivity index (χ3v) is 7.17.